The molecule has 0 unspecified atom stereocenters. The summed E-state index contributed by atoms with van der Waals surface area (Å²) in [6, 6.07) is 2.10. The van der Waals surface area contributed by atoms with Crippen LogP contribution in [0.15, 0.2) is 6.07 Å². The van der Waals surface area contributed by atoms with Gasteiger partial charge in [0.15, 0.2) is 0 Å². The van der Waals surface area contributed by atoms with Crippen molar-refractivity contribution in [3.63, 3.8) is 0 Å². The minimum absolute atomic E-state index is 0.431. The maximum Gasteiger partial charge on any atom is 0.129 e. The van der Waals surface area contributed by atoms with Crippen molar-refractivity contribution in [1.29, 1.82) is 0 Å². The molecular formula is C18H30N4O2. The van der Waals surface area contributed by atoms with Gasteiger partial charge in [-0.05, 0) is 32.7 Å². The number of unbranched alkanes of at least 4 members (excludes halogenated alkanes) is 2. The van der Waals surface area contributed by atoms with E-state index in [1.807, 2.05) is 6.92 Å². The molecule has 6 nitrogen and oxygen atoms in total. The second kappa shape index (κ2) is 9.30. The summed E-state index contributed by atoms with van der Waals surface area (Å²) in [6.45, 7) is 9.73. The van der Waals surface area contributed by atoms with Crippen LogP contribution in [0.3, 0.4) is 0 Å². The van der Waals surface area contributed by atoms with Crippen LogP contribution in [0.25, 0.3) is 0 Å². The number of ether oxygens (including phenoxy) is 2. The van der Waals surface area contributed by atoms with Gasteiger partial charge in [0, 0.05) is 38.2 Å². The summed E-state index contributed by atoms with van der Waals surface area (Å²) in [6.07, 6.45) is 4.75. The molecule has 3 rings (SSSR count). The van der Waals surface area contributed by atoms with Crippen molar-refractivity contribution in [2.45, 2.75) is 38.5 Å². The van der Waals surface area contributed by atoms with Crippen LogP contribution in [-0.4, -0.2) is 67.5 Å². The van der Waals surface area contributed by atoms with Crippen molar-refractivity contribution < 1.29 is 9.47 Å². The zero-order valence-corrected chi connectivity index (χ0v) is 14.8. The van der Waals surface area contributed by atoms with Gasteiger partial charge in [0.25, 0.3) is 0 Å². The third-order valence-electron chi connectivity index (χ3n) is 4.77. The van der Waals surface area contributed by atoms with Gasteiger partial charge in [-0.2, -0.15) is 0 Å². The summed E-state index contributed by atoms with van der Waals surface area (Å²) < 4.78 is 10.9. The number of aryl methyl sites for hydroxylation is 1. The first kappa shape index (κ1) is 17.6. The van der Waals surface area contributed by atoms with E-state index in [9.17, 15) is 0 Å². The lowest BCUT2D eigenvalue weighted by molar-refractivity contribution is 0.0372. The molecule has 1 atom stereocenters. The van der Waals surface area contributed by atoms with Crippen molar-refractivity contribution >= 4 is 5.82 Å². The Hall–Kier alpha value is -1.24. The van der Waals surface area contributed by atoms with Crippen LogP contribution in [0.1, 0.15) is 43.1 Å². The van der Waals surface area contributed by atoms with E-state index in [4.69, 9.17) is 9.47 Å². The smallest absolute Gasteiger partial charge is 0.129 e. The zero-order valence-electron chi connectivity index (χ0n) is 14.8. The van der Waals surface area contributed by atoms with E-state index in [1.54, 1.807) is 0 Å². The molecule has 0 aromatic carbocycles. The number of nitrogens with one attached hydrogen (secondary N) is 1. The number of nitrogens with zero attached hydrogens (tertiary/aromatic N) is 3. The van der Waals surface area contributed by atoms with Crippen LogP contribution in [0, 0.1) is 6.92 Å². The molecule has 1 N–H and O–H groups in total. The largest absolute Gasteiger partial charge is 0.381 e. The quantitative estimate of drug-likeness (QED) is 0.736. The van der Waals surface area contributed by atoms with E-state index < -0.39 is 0 Å². The summed E-state index contributed by atoms with van der Waals surface area (Å²) in [5.74, 6) is 2.23. The van der Waals surface area contributed by atoms with Gasteiger partial charge in [0.1, 0.15) is 11.6 Å². The molecular weight excluding hydrogens is 304 g/mol. The first-order valence-electron chi connectivity index (χ1n) is 9.28. The molecule has 3 heterocycles. The normalized spacial score (nSPS) is 22.0. The van der Waals surface area contributed by atoms with Crippen molar-refractivity contribution in [3.8, 4) is 0 Å². The van der Waals surface area contributed by atoms with Gasteiger partial charge in [-0.3, -0.25) is 4.90 Å². The molecule has 0 spiro atoms. The first-order valence-corrected chi connectivity index (χ1v) is 9.28. The Labute approximate surface area is 145 Å². The van der Waals surface area contributed by atoms with Crippen LogP contribution in [0.4, 0.5) is 5.82 Å². The molecule has 1 aromatic rings. The Morgan fingerprint density at radius 1 is 1.12 bits per heavy atom. The highest BCUT2D eigenvalue weighted by Crippen LogP contribution is 2.25. The van der Waals surface area contributed by atoms with Gasteiger partial charge in [-0.1, -0.05) is 6.42 Å². The van der Waals surface area contributed by atoms with Crippen LogP contribution >= 0.6 is 0 Å². The lowest BCUT2D eigenvalue weighted by atomic mass is 10.0. The van der Waals surface area contributed by atoms with Crippen LogP contribution in [0.2, 0.25) is 0 Å². The molecule has 0 amide bonds. The first-order chi connectivity index (χ1) is 11.8. The van der Waals surface area contributed by atoms with E-state index in [0.717, 1.165) is 69.8 Å². The summed E-state index contributed by atoms with van der Waals surface area (Å²) in [5.41, 5.74) is 1.12. The molecule has 134 valence electrons. The number of hydrogen-bond acceptors (Lipinski definition) is 6. The third kappa shape index (κ3) is 5.40. The Bertz CT molecular complexity index is 500. The minimum atomic E-state index is 0.431. The van der Waals surface area contributed by atoms with Gasteiger partial charge in [-0.15, -0.1) is 0 Å². The maximum absolute atomic E-state index is 5.47. The SMILES string of the molecule is Cc1nc(NCCCCCN2CCOCC2)cc([C@@H]2CCOC2)n1. The molecule has 0 saturated carbocycles. The second-order valence-electron chi connectivity index (χ2n) is 6.73. The molecule has 1 aromatic heterocycles. The van der Waals surface area contributed by atoms with Crippen LogP contribution < -0.4 is 5.32 Å². The second-order valence-corrected chi connectivity index (χ2v) is 6.73. The fourth-order valence-corrected chi connectivity index (χ4v) is 3.34. The van der Waals surface area contributed by atoms with Crippen molar-refractivity contribution in [3.05, 3.63) is 17.6 Å². The number of hydrogen-bond donors (Lipinski definition) is 1. The van der Waals surface area contributed by atoms with Gasteiger partial charge < -0.3 is 14.8 Å². The Balaban J connectivity index is 1.35. The highest BCUT2D eigenvalue weighted by Gasteiger charge is 2.20. The molecule has 6 heteroatoms. The summed E-state index contributed by atoms with van der Waals surface area (Å²) in [4.78, 5) is 11.6. The number of aromatic nitrogens is 2. The predicted octanol–water partition coefficient (Wildman–Crippen LogP) is 2.20. The molecule has 0 bridgehead atoms. The fraction of sp³-hybridized carbons (Fsp3) is 0.778. The summed E-state index contributed by atoms with van der Waals surface area (Å²) in [5, 5.41) is 3.46. The number of rotatable bonds is 8. The molecule has 24 heavy (non-hydrogen) atoms. The van der Waals surface area contributed by atoms with E-state index in [0.29, 0.717) is 5.92 Å². The summed E-state index contributed by atoms with van der Waals surface area (Å²) in [7, 11) is 0. The lowest BCUT2D eigenvalue weighted by Crippen LogP contribution is -2.36. The Morgan fingerprint density at radius 3 is 2.79 bits per heavy atom. The van der Waals surface area contributed by atoms with Gasteiger partial charge >= 0.3 is 0 Å². The standard InChI is InChI=1S/C18H30N4O2/c1-15-20-17(16-5-10-24-14-16)13-18(21-15)19-6-3-2-4-7-22-8-11-23-12-9-22/h13,16H,2-12,14H2,1H3,(H,19,20,21)/t16-/m1/s1. The highest BCUT2D eigenvalue weighted by atomic mass is 16.5. The Morgan fingerprint density at radius 2 is 2.00 bits per heavy atom. The summed E-state index contributed by atoms with van der Waals surface area (Å²) >= 11 is 0. The van der Waals surface area contributed by atoms with E-state index >= 15 is 0 Å². The van der Waals surface area contributed by atoms with Crippen LogP contribution in [-0.2, 0) is 9.47 Å². The van der Waals surface area contributed by atoms with E-state index in [2.05, 4.69) is 26.3 Å². The minimum Gasteiger partial charge on any atom is -0.381 e. The van der Waals surface area contributed by atoms with Crippen molar-refractivity contribution in [2.75, 3.05) is 57.9 Å². The molecule has 0 radical (unpaired) electrons. The number of anilines is 1. The number of morpholine rings is 1. The van der Waals surface area contributed by atoms with Crippen molar-refractivity contribution in [2.24, 2.45) is 0 Å². The predicted molar refractivity (Wildman–Crippen MR) is 94.5 cm³/mol. The Kier molecular flexibility index (Phi) is 6.81. The lowest BCUT2D eigenvalue weighted by Gasteiger charge is -2.26. The topological polar surface area (TPSA) is 59.5 Å². The van der Waals surface area contributed by atoms with E-state index in [1.165, 1.54) is 25.8 Å². The highest BCUT2D eigenvalue weighted by molar-refractivity contribution is 5.37. The van der Waals surface area contributed by atoms with Crippen LogP contribution in [0.5, 0.6) is 0 Å². The van der Waals surface area contributed by atoms with E-state index in [-0.39, 0.29) is 0 Å². The molecule has 2 fully saturated rings. The molecule has 2 aliphatic rings. The molecule has 2 saturated heterocycles. The van der Waals surface area contributed by atoms with Gasteiger partial charge in [0.2, 0.25) is 0 Å². The molecule has 2 aliphatic heterocycles. The zero-order chi connectivity index (χ0) is 16.6. The van der Waals surface area contributed by atoms with Crippen molar-refractivity contribution in [1.82, 2.24) is 14.9 Å². The average Bonchev–Trinajstić information content (AvgIpc) is 3.13. The third-order valence-corrected chi connectivity index (χ3v) is 4.77. The maximum atomic E-state index is 5.47. The van der Waals surface area contributed by atoms with Gasteiger partial charge in [0.05, 0.1) is 25.5 Å². The average molecular weight is 334 g/mol. The monoisotopic (exact) mass is 334 g/mol. The fourth-order valence-electron chi connectivity index (χ4n) is 3.34. The van der Waals surface area contributed by atoms with Gasteiger partial charge in [-0.25, -0.2) is 9.97 Å². The molecule has 0 aliphatic carbocycles.